The number of anilines is 1. The number of nitrogens with zero attached hydrogens (tertiary/aromatic N) is 1. The number of carbonyl (C=O) groups is 2. The van der Waals surface area contributed by atoms with Crippen molar-refractivity contribution in [2.24, 2.45) is 0 Å². The van der Waals surface area contributed by atoms with Crippen LogP contribution in [-0.2, 0) is 11.4 Å². The van der Waals surface area contributed by atoms with Gasteiger partial charge in [0, 0.05) is 21.3 Å². The number of carboxylic acid groups (broad SMARTS) is 1. The Balaban J connectivity index is 1.72. The molecular weight excluding hydrogens is 578 g/mol. The van der Waals surface area contributed by atoms with Crippen LogP contribution in [0.4, 0.5) is 5.69 Å². The minimum atomic E-state index is -1.11. The van der Waals surface area contributed by atoms with Crippen LogP contribution in [0.5, 0.6) is 5.75 Å². The normalized spacial score (nSPS) is 10.9. The maximum Gasteiger partial charge on any atom is 0.335 e. The number of amides is 1. The molecule has 0 saturated carbocycles. The molecule has 0 saturated heterocycles. The molecule has 33 heavy (non-hydrogen) atoms. The lowest BCUT2D eigenvalue weighted by molar-refractivity contribution is -0.112. The topological polar surface area (TPSA) is 99.4 Å². The molecule has 0 aliphatic rings. The highest BCUT2D eigenvalue weighted by Crippen LogP contribution is 2.27. The van der Waals surface area contributed by atoms with Gasteiger partial charge in [-0.1, -0.05) is 41.4 Å². The van der Waals surface area contributed by atoms with Crippen LogP contribution in [0.1, 0.15) is 21.5 Å². The van der Waals surface area contributed by atoms with Gasteiger partial charge in [0.2, 0.25) is 0 Å². The summed E-state index contributed by atoms with van der Waals surface area (Å²) < 4.78 is 6.62. The first-order valence-corrected chi connectivity index (χ1v) is 11.2. The smallest absolute Gasteiger partial charge is 0.335 e. The van der Waals surface area contributed by atoms with Crippen molar-refractivity contribution >= 4 is 69.4 Å². The van der Waals surface area contributed by atoms with Crippen molar-refractivity contribution in [1.82, 2.24) is 0 Å². The number of nitrogens with one attached hydrogen (secondary N) is 1. The first kappa shape index (κ1) is 24.6. The molecule has 0 aliphatic carbocycles. The zero-order chi connectivity index (χ0) is 24.0. The van der Waals surface area contributed by atoms with E-state index in [-0.39, 0.29) is 23.4 Å². The Morgan fingerprint density at radius 1 is 1.12 bits per heavy atom. The van der Waals surface area contributed by atoms with E-state index in [1.54, 1.807) is 42.5 Å². The van der Waals surface area contributed by atoms with E-state index in [1.807, 2.05) is 6.07 Å². The van der Waals surface area contributed by atoms with Gasteiger partial charge >= 0.3 is 5.97 Å². The van der Waals surface area contributed by atoms with E-state index < -0.39 is 11.9 Å². The second kappa shape index (κ2) is 11.2. The Bertz CT molecular complexity index is 1300. The van der Waals surface area contributed by atoms with Crippen LogP contribution in [0.2, 0.25) is 10.0 Å². The lowest BCUT2D eigenvalue weighted by Gasteiger charge is -2.10. The minimum absolute atomic E-state index is 0.0281. The molecule has 0 bridgehead atoms. The maximum atomic E-state index is 12.5. The van der Waals surface area contributed by atoms with Crippen molar-refractivity contribution in [2.45, 2.75) is 6.61 Å². The number of hydrogen-bond donors (Lipinski definition) is 2. The van der Waals surface area contributed by atoms with Gasteiger partial charge in [-0.2, -0.15) is 5.26 Å². The fourth-order valence-electron chi connectivity index (χ4n) is 2.76. The van der Waals surface area contributed by atoms with Crippen molar-refractivity contribution in [1.29, 1.82) is 5.26 Å². The zero-order valence-corrected chi connectivity index (χ0v) is 20.5. The number of hydrogen-bond acceptors (Lipinski definition) is 4. The van der Waals surface area contributed by atoms with Gasteiger partial charge in [-0.3, -0.25) is 4.79 Å². The standard InChI is InChI=1S/C24H15Cl2IN2O4/c25-18-6-5-16(20(26)11-18)13-33-22-7-4-14(9-21(22)27)8-17(12-28)23(30)29-19-3-1-2-15(10-19)24(31)32/h1-11H,13H2,(H,29,30)(H,31,32)/b17-8-. The highest BCUT2D eigenvalue weighted by molar-refractivity contribution is 14.1. The number of nitriles is 1. The van der Waals surface area contributed by atoms with Crippen LogP contribution >= 0.6 is 45.8 Å². The summed E-state index contributed by atoms with van der Waals surface area (Å²) in [4.78, 5) is 23.6. The summed E-state index contributed by atoms with van der Waals surface area (Å²) >= 11 is 14.2. The highest BCUT2D eigenvalue weighted by Gasteiger charge is 2.12. The average molecular weight is 593 g/mol. The molecular formula is C24H15Cl2IN2O4. The molecule has 9 heteroatoms. The molecule has 6 nitrogen and oxygen atoms in total. The van der Waals surface area contributed by atoms with Crippen molar-refractivity contribution in [3.8, 4) is 11.8 Å². The van der Waals surface area contributed by atoms with E-state index in [2.05, 4.69) is 27.9 Å². The molecule has 0 unspecified atom stereocenters. The van der Waals surface area contributed by atoms with Crippen molar-refractivity contribution in [2.75, 3.05) is 5.32 Å². The number of ether oxygens (including phenoxy) is 1. The maximum absolute atomic E-state index is 12.5. The summed E-state index contributed by atoms with van der Waals surface area (Å²) in [6.45, 7) is 0.252. The van der Waals surface area contributed by atoms with E-state index >= 15 is 0 Å². The van der Waals surface area contributed by atoms with Gasteiger partial charge in [-0.25, -0.2) is 4.79 Å². The van der Waals surface area contributed by atoms with Crippen LogP contribution in [0.15, 0.2) is 66.2 Å². The lowest BCUT2D eigenvalue weighted by Crippen LogP contribution is -2.14. The lowest BCUT2D eigenvalue weighted by atomic mass is 10.1. The number of carbonyl (C=O) groups excluding carboxylic acids is 1. The molecule has 0 fully saturated rings. The molecule has 3 aromatic rings. The summed E-state index contributed by atoms with van der Waals surface area (Å²) in [5.74, 6) is -1.14. The van der Waals surface area contributed by atoms with Crippen LogP contribution in [0.3, 0.4) is 0 Å². The van der Waals surface area contributed by atoms with Gasteiger partial charge in [-0.05, 0) is 76.7 Å². The third-order valence-corrected chi connectivity index (χ3v) is 5.83. The molecule has 0 aromatic heterocycles. The Labute approximate surface area is 213 Å². The number of rotatable bonds is 7. The van der Waals surface area contributed by atoms with Crippen LogP contribution in [-0.4, -0.2) is 17.0 Å². The van der Waals surface area contributed by atoms with E-state index in [1.165, 1.54) is 24.3 Å². The van der Waals surface area contributed by atoms with E-state index in [0.29, 0.717) is 21.4 Å². The zero-order valence-electron chi connectivity index (χ0n) is 16.8. The van der Waals surface area contributed by atoms with Crippen LogP contribution in [0.25, 0.3) is 6.08 Å². The average Bonchev–Trinajstić information content (AvgIpc) is 2.78. The molecule has 0 radical (unpaired) electrons. The molecule has 166 valence electrons. The van der Waals surface area contributed by atoms with Gasteiger partial charge in [0.25, 0.3) is 5.91 Å². The predicted octanol–water partition coefficient (Wildman–Crippen LogP) is 6.42. The summed E-state index contributed by atoms with van der Waals surface area (Å²) in [7, 11) is 0. The fourth-order valence-corrected chi connectivity index (χ4v) is 3.92. The molecule has 3 aromatic carbocycles. The Kier molecular flexibility index (Phi) is 8.33. The number of carboxylic acids is 1. The van der Waals surface area contributed by atoms with Crippen molar-refractivity contribution < 1.29 is 19.4 Å². The Morgan fingerprint density at radius 3 is 2.58 bits per heavy atom. The van der Waals surface area contributed by atoms with Gasteiger partial charge in [0.1, 0.15) is 24.0 Å². The SMILES string of the molecule is N#C/C(=C/c1ccc(OCc2ccc(Cl)cc2Cl)c(I)c1)C(=O)Nc1cccc(C(=O)O)c1. The Morgan fingerprint density at radius 2 is 1.91 bits per heavy atom. The largest absolute Gasteiger partial charge is 0.488 e. The van der Waals surface area contributed by atoms with Crippen molar-refractivity contribution in [3.63, 3.8) is 0 Å². The van der Waals surface area contributed by atoms with Crippen molar-refractivity contribution in [3.05, 3.63) is 96.5 Å². The molecule has 0 aliphatic heterocycles. The first-order chi connectivity index (χ1) is 15.8. The summed E-state index contributed by atoms with van der Waals surface area (Å²) in [6, 6.07) is 18.0. The third-order valence-electron chi connectivity index (χ3n) is 4.40. The predicted molar refractivity (Wildman–Crippen MR) is 136 cm³/mol. The van der Waals surface area contributed by atoms with Gasteiger partial charge in [0.05, 0.1) is 9.13 Å². The van der Waals surface area contributed by atoms with E-state index in [4.69, 9.17) is 33.0 Å². The summed E-state index contributed by atoms with van der Waals surface area (Å²) in [5, 5.41) is 22.1. The molecule has 2 N–H and O–H groups in total. The van der Waals surface area contributed by atoms with Crippen LogP contribution in [0, 0.1) is 14.9 Å². The van der Waals surface area contributed by atoms with Gasteiger partial charge < -0.3 is 15.2 Å². The van der Waals surface area contributed by atoms with Gasteiger partial charge in [-0.15, -0.1) is 0 Å². The molecule has 0 spiro atoms. The second-order valence-electron chi connectivity index (χ2n) is 6.72. The van der Waals surface area contributed by atoms with Gasteiger partial charge in [0.15, 0.2) is 0 Å². The molecule has 1 amide bonds. The monoisotopic (exact) mass is 592 g/mol. The van der Waals surface area contributed by atoms with Crippen LogP contribution < -0.4 is 10.1 Å². The summed E-state index contributed by atoms with van der Waals surface area (Å²) in [6.07, 6.45) is 1.44. The quantitative estimate of drug-likeness (QED) is 0.187. The second-order valence-corrected chi connectivity index (χ2v) is 8.73. The number of halogens is 3. The van der Waals surface area contributed by atoms with E-state index in [9.17, 15) is 14.9 Å². The minimum Gasteiger partial charge on any atom is -0.488 e. The highest BCUT2D eigenvalue weighted by atomic mass is 127. The third kappa shape index (κ3) is 6.71. The molecule has 0 atom stereocenters. The fraction of sp³-hybridized carbons (Fsp3) is 0.0417. The number of benzene rings is 3. The number of aromatic carboxylic acids is 1. The molecule has 3 rings (SSSR count). The van der Waals surface area contributed by atoms with E-state index in [0.717, 1.165) is 9.13 Å². The Hall–Kier alpha value is -3.06. The first-order valence-electron chi connectivity index (χ1n) is 9.39. The summed E-state index contributed by atoms with van der Waals surface area (Å²) in [5.41, 5.74) is 1.59. The molecule has 0 heterocycles.